The second-order valence-corrected chi connectivity index (χ2v) is 5.59. The van der Waals surface area contributed by atoms with Gasteiger partial charge in [0.05, 0.1) is 6.10 Å². The lowest BCUT2D eigenvalue weighted by atomic mass is 9.82. The van der Waals surface area contributed by atoms with Gasteiger partial charge in [-0.3, -0.25) is 9.69 Å². The average molecular weight is 239 g/mol. The molecule has 2 rings (SSSR count). The maximum atomic E-state index is 12.0. The minimum Gasteiger partial charge on any atom is -0.392 e. The molecule has 0 aromatic rings. The molecule has 0 aromatic heterocycles. The summed E-state index contributed by atoms with van der Waals surface area (Å²) in [6.45, 7) is 3.83. The van der Waals surface area contributed by atoms with Crippen molar-refractivity contribution in [3.8, 4) is 0 Å². The van der Waals surface area contributed by atoms with Crippen molar-refractivity contribution in [2.45, 2.75) is 64.0 Å². The fraction of sp³-hybridized carbons (Fsp3) is 0.929. The van der Waals surface area contributed by atoms with Gasteiger partial charge in [0, 0.05) is 24.9 Å². The van der Waals surface area contributed by atoms with E-state index in [4.69, 9.17) is 0 Å². The largest absolute Gasteiger partial charge is 0.392 e. The summed E-state index contributed by atoms with van der Waals surface area (Å²) < 4.78 is 0. The number of aliphatic hydroxyl groups excluding tert-OH is 1. The van der Waals surface area contributed by atoms with Crippen LogP contribution in [-0.2, 0) is 4.79 Å². The third-order valence-electron chi connectivity index (χ3n) is 4.40. The lowest BCUT2D eigenvalue weighted by Crippen LogP contribution is -2.43. The van der Waals surface area contributed by atoms with Crippen molar-refractivity contribution >= 4 is 5.78 Å². The highest BCUT2D eigenvalue weighted by Gasteiger charge is 2.36. The molecule has 3 atom stereocenters. The molecule has 1 N–H and O–H groups in total. The molecule has 0 spiro atoms. The van der Waals surface area contributed by atoms with Gasteiger partial charge in [0.2, 0.25) is 0 Å². The lowest BCUT2D eigenvalue weighted by Gasteiger charge is -2.33. The van der Waals surface area contributed by atoms with Gasteiger partial charge in [-0.05, 0) is 38.6 Å². The fourth-order valence-corrected chi connectivity index (χ4v) is 3.35. The molecule has 3 nitrogen and oxygen atoms in total. The molecule has 3 heteroatoms. The third-order valence-corrected chi connectivity index (χ3v) is 4.40. The Morgan fingerprint density at radius 2 is 2.18 bits per heavy atom. The van der Waals surface area contributed by atoms with Crippen molar-refractivity contribution < 1.29 is 9.90 Å². The van der Waals surface area contributed by atoms with Gasteiger partial charge in [0.25, 0.3) is 0 Å². The van der Waals surface area contributed by atoms with Crippen LogP contribution >= 0.6 is 0 Å². The molecule has 0 aromatic carbocycles. The number of β-amino-alcohol motifs (C(OH)–C–C–N with tert-alkyl or cyclic N) is 1. The zero-order valence-corrected chi connectivity index (χ0v) is 10.9. The normalized spacial score (nSPS) is 32.9. The number of carbonyl (C=O) groups is 1. The Hall–Kier alpha value is -0.410. The Kier molecular flexibility index (Phi) is 4.57. The number of hydrogen-bond acceptors (Lipinski definition) is 3. The molecular formula is C14H25NO2. The molecule has 0 radical (unpaired) electrons. The van der Waals surface area contributed by atoms with Crippen molar-refractivity contribution in [3.63, 3.8) is 0 Å². The van der Waals surface area contributed by atoms with E-state index in [0.717, 1.165) is 45.2 Å². The van der Waals surface area contributed by atoms with Crippen molar-refractivity contribution in [3.05, 3.63) is 0 Å². The van der Waals surface area contributed by atoms with Gasteiger partial charge < -0.3 is 5.11 Å². The number of hydrogen-bond donors (Lipinski definition) is 1. The van der Waals surface area contributed by atoms with E-state index in [-0.39, 0.29) is 12.0 Å². The van der Waals surface area contributed by atoms with Crippen LogP contribution in [0.25, 0.3) is 0 Å². The van der Waals surface area contributed by atoms with Gasteiger partial charge >= 0.3 is 0 Å². The van der Waals surface area contributed by atoms with E-state index in [0.29, 0.717) is 11.8 Å². The van der Waals surface area contributed by atoms with E-state index >= 15 is 0 Å². The Labute approximate surface area is 104 Å². The number of ketones is 1. The van der Waals surface area contributed by atoms with Crippen LogP contribution in [0.3, 0.4) is 0 Å². The minimum absolute atomic E-state index is 0.228. The number of Topliss-reactive ketones (excluding diaryl/α,β-unsaturated/α-hetero) is 1. The Morgan fingerprint density at radius 3 is 2.88 bits per heavy atom. The predicted octanol–water partition coefficient (Wildman–Crippen LogP) is 1.98. The van der Waals surface area contributed by atoms with Crippen molar-refractivity contribution in [1.82, 2.24) is 4.90 Å². The number of aliphatic hydroxyl groups is 1. The smallest absolute Gasteiger partial charge is 0.137 e. The highest BCUT2D eigenvalue weighted by molar-refractivity contribution is 5.82. The molecule has 1 saturated carbocycles. The molecule has 0 amide bonds. The molecule has 3 unspecified atom stereocenters. The highest BCUT2D eigenvalue weighted by atomic mass is 16.3. The molecule has 98 valence electrons. The van der Waals surface area contributed by atoms with Crippen LogP contribution in [0.2, 0.25) is 0 Å². The average Bonchev–Trinajstić information content (AvgIpc) is 2.77. The summed E-state index contributed by atoms with van der Waals surface area (Å²) in [6.07, 6.45) is 7.05. The van der Waals surface area contributed by atoms with Gasteiger partial charge in [-0.15, -0.1) is 0 Å². The SMILES string of the molecule is CCC(O)CN1CCCC1C1CCCCC1=O. The standard InChI is InChI=1S/C14H25NO2/c1-2-11(16)10-15-9-5-7-13(15)12-6-3-4-8-14(12)17/h11-13,16H,2-10H2,1H3. The summed E-state index contributed by atoms with van der Waals surface area (Å²) in [5.41, 5.74) is 0. The Bertz CT molecular complexity index is 267. The monoisotopic (exact) mass is 239 g/mol. The molecule has 2 fully saturated rings. The maximum absolute atomic E-state index is 12.0. The molecular weight excluding hydrogens is 214 g/mol. The third kappa shape index (κ3) is 3.08. The number of nitrogens with zero attached hydrogens (tertiary/aromatic N) is 1. The van der Waals surface area contributed by atoms with Gasteiger partial charge in [-0.2, -0.15) is 0 Å². The van der Waals surface area contributed by atoms with Crippen LogP contribution in [0.15, 0.2) is 0 Å². The van der Waals surface area contributed by atoms with Crippen LogP contribution in [0.5, 0.6) is 0 Å². The van der Waals surface area contributed by atoms with Crippen LogP contribution in [0, 0.1) is 5.92 Å². The van der Waals surface area contributed by atoms with Gasteiger partial charge in [0.15, 0.2) is 0 Å². The summed E-state index contributed by atoms with van der Waals surface area (Å²) in [7, 11) is 0. The second-order valence-electron chi connectivity index (χ2n) is 5.59. The molecule has 0 bridgehead atoms. The van der Waals surface area contributed by atoms with Crippen molar-refractivity contribution in [2.24, 2.45) is 5.92 Å². The first-order valence-corrected chi connectivity index (χ1v) is 7.17. The number of carbonyl (C=O) groups excluding carboxylic acids is 1. The summed E-state index contributed by atoms with van der Waals surface area (Å²) >= 11 is 0. The van der Waals surface area contributed by atoms with Crippen LogP contribution in [0.4, 0.5) is 0 Å². The summed E-state index contributed by atoms with van der Waals surface area (Å²) in [5, 5.41) is 9.77. The van der Waals surface area contributed by atoms with E-state index in [1.54, 1.807) is 0 Å². The Balaban J connectivity index is 1.95. The summed E-state index contributed by atoms with van der Waals surface area (Å²) in [6, 6.07) is 0.420. The van der Waals surface area contributed by atoms with E-state index < -0.39 is 0 Å². The summed E-state index contributed by atoms with van der Waals surface area (Å²) in [4.78, 5) is 14.4. The van der Waals surface area contributed by atoms with Crippen molar-refractivity contribution in [1.29, 1.82) is 0 Å². The Morgan fingerprint density at radius 1 is 1.35 bits per heavy atom. The topological polar surface area (TPSA) is 40.5 Å². The zero-order valence-electron chi connectivity index (χ0n) is 10.9. The highest BCUT2D eigenvalue weighted by Crippen LogP contribution is 2.32. The second kappa shape index (κ2) is 5.96. The predicted molar refractivity (Wildman–Crippen MR) is 67.9 cm³/mol. The van der Waals surface area contributed by atoms with Crippen LogP contribution < -0.4 is 0 Å². The fourth-order valence-electron chi connectivity index (χ4n) is 3.35. The summed E-state index contributed by atoms with van der Waals surface area (Å²) in [5.74, 6) is 0.731. The lowest BCUT2D eigenvalue weighted by molar-refractivity contribution is -0.126. The quantitative estimate of drug-likeness (QED) is 0.815. The number of likely N-dealkylation sites (tertiary alicyclic amines) is 1. The van der Waals surface area contributed by atoms with Gasteiger partial charge in [-0.25, -0.2) is 0 Å². The van der Waals surface area contributed by atoms with Crippen LogP contribution in [-0.4, -0.2) is 41.0 Å². The molecule has 1 aliphatic heterocycles. The first-order chi connectivity index (χ1) is 8.22. The maximum Gasteiger partial charge on any atom is 0.137 e. The first-order valence-electron chi connectivity index (χ1n) is 7.17. The molecule has 1 heterocycles. The van der Waals surface area contributed by atoms with E-state index in [9.17, 15) is 9.90 Å². The van der Waals surface area contributed by atoms with Crippen LogP contribution in [0.1, 0.15) is 51.9 Å². The van der Waals surface area contributed by atoms with E-state index in [2.05, 4.69) is 4.90 Å². The number of rotatable bonds is 4. The van der Waals surface area contributed by atoms with Gasteiger partial charge in [0.1, 0.15) is 5.78 Å². The minimum atomic E-state index is -0.228. The van der Waals surface area contributed by atoms with E-state index in [1.807, 2.05) is 6.92 Å². The van der Waals surface area contributed by atoms with Gasteiger partial charge in [-0.1, -0.05) is 13.3 Å². The molecule has 2 aliphatic rings. The molecule has 17 heavy (non-hydrogen) atoms. The molecule has 1 aliphatic carbocycles. The molecule has 1 saturated heterocycles. The zero-order chi connectivity index (χ0) is 12.3. The first kappa shape index (κ1) is 13.0. The van der Waals surface area contributed by atoms with Crippen molar-refractivity contribution in [2.75, 3.05) is 13.1 Å². The van der Waals surface area contributed by atoms with E-state index in [1.165, 1.54) is 12.8 Å².